The SMILES string of the molecule is c1ccc([C@H]2CCc3nc4ccc(-c5ccnc(OC6CCOCC6)c5)cc4n32)cc1. The third-order valence-electron chi connectivity index (χ3n) is 6.42. The van der Waals surface area contributed by atoms with Gasteiger partial charge in [-0.05, 0) is 41.3 Å². The maximum Gasteiger partial charge on any atom is 0.214 e. The van der Waals surface area contributed by atoms with Gasteiger partial charge in [0.25, 0.3) is 0 Å². The van der Waals surface area contributed by atoms with Gasteiger partial charge < -0.3 is 14.0 Å². The van der Waals surface area contributed by atoms with E-state index in [-0.39, 0.29) is 6.10 Å². The molecule has 0 radical (unpaired) electrons. The Labute approximate surface area is 181 Å². The predicted octanol–water partition coefficient (Wildman–Crippen LogP) is 5.19. The first kappa shape index (κ1) is 18.6. The predicted molar refractivity (Wildman–Crippen MR) is 120 cm³/mol. The van der Waals surface area contributed by atoms with E-state index in [1.54, 1.807) is 0 Å². The first-order chi connectivity index (χ1) is 15.3. The highest BCUT2D eigenvalue weighted by Gasteiger charge is 2.27. The molecule has 5 nitrogen and oxygen atoms in total. The van der Waals surface area contributed by atoms with E-state index in [2.05, 4.69) is 58.1 Å². The zero-order valence-electron chi connectivity index (χ0n) is 17.4. The highest BCUT2D eigenvalue weighted by molar-refractivity contribution is 5.83. The molecular formula is C26H25N3O2. The van der Waals surface area contributed by atoms with Crippen molar-refractivity contribution in [1.82, 2.24) is 14.5 Å². The summed E-state index contributed by atoms with van der Waals surface area (Å²) in [6, 6.07) is 21.8. The standard InChI is InChI=1S/C26H25N3O2/c1-2-4-18(5-3-1)23-8-9-25-28-22-7-6-19(16-24(22)29(23)25)20-10-13-27-26(17-20)31-21-11-14-30-15-12-21/h1-7,10,13,16-17,21,23H,8-9,11-12,14-15H2/t23-/m1/s1. The molecule has 1 atom stereocenters. The Morgan fingerprint density at radius 1 is 0.903 bits per heavy atom. The highest BCUT2D eigenvalue weighted by atomic mass is 16.5. The summed E-state index contributed by atoms with van der Waals surface area (Å²) in [6.07, 6.45) is 5.97. The van der Waals surface area contributed by atoms with Crippen molar-refractivity contribution in [2.24, 2.45) is 0 Å². The van der Waals surface area contributed by atoms with Crippen LogP contribution in [-0.4, -0.2) is 33.9 Å². The van der Waals surface area contributed by atoms with E-state index in [9.17, 15) is 0 Å². The van der Waals surface area contributed by atoms with Gasteiger partial charge in [-0.2, -0.15) is 0 Å². The monoisotopic (exact) mass is 411 g/mol. The van der Waals surface area contributed by atoms with Crippen LogP contribution in [0.1, 0.15) is 36.7 Å². The molecule has 6 rings (SSSR count). The fraction of sp³-hybridized carbons (Fsp3) is 0.308. The molecule has 5 heteroatoms. The van der Waals surface area contributed by atoms with Crippen molar-refractivity contribution in [3.05, 3.63) is 78.2 Å². The van der Waals surface area contributed by atoms with Gasteiger partial charge in [-0.1, -0.05) is 36.4 Å². The number of aromatic nitrogens is 3. The second-order valence-electron chi connectivity index (χ2n) is 8.38. The number of benzene rings is 2. The summed E-state index contributed by atoms with van der Waals surface area (Å²) in [5.41, 5.74) is 5.88. The summed E-state index contributed by atoms with van der Waals surface area (Å²) >= 11 is 0. The Morgan fingerprint density at radius 3 is 2.61 bits per heavy atom. The molecule has 0 amide bonds. The third-order valence-corrected chi connectivity index (χ3v) is 6.42. The minimum atomic E-state index is 0.184. The zero-order valence-corrected chi connectivity index (χ0v) is 17.4. The summed E-state index contributed by atoms with van der Waals surface area (Å²) in [7, 11) is 0. The van der Waals surface area contributed by atoms with Crippen LogP contribution in [0.15, 0.2) is 66.9 Å². The second kappa shape index (κ2) is 7.82. The fourth-order valence-electron chi connectivity index (χ4n) is 4.85. The lowest BCUT2D eigenvalue weighted by molar-refractivity contribution is 0.0237. The number of nitrogens with zero attached hydrogens (tertiary/aromatic N) is 3. The van der Waals surface area contributed by atoms with Crippen LogP contribution < -0.4 is 4.74 Å². The van der Waals surface area contributed by atoms with Gasteiger partial charge in [-0.15, -0.1) is 0 Å². The van der Waals surface area contributed by atoms with Gasteiger partial charge in [0.05, 0.1) is 30.3 Å². The largest absolute Gasteiger partial charge is 0.474 e. The van der Waals surface area contributed by atoms with Crippen molar-refractivity contribution in [1.29, 1.82) is 0 Å². The quantitative estimate of drug-likeness (QED) is 0.464. The lowest BCUT2D eigenvalue weighted by atomic mass is 10.0. The lowest BCUT2D eigenvalue weighted by Gasteiger charge is -2.22. The number of ether oxygens (including phenoxy) is 2. The molecule has 0 saturated carbocycles. The molecule has 0 N–H and O–H groups in total. The molecule has 2 aliphatic heterocycles. The molecule has 4 heterocycles. The fourth-order valence-corrected chi connectivity index (χ4v) is 4.85. The number of fused-ring (bicyclic) bond motifs is 3. The van der Waals surface area contributed by atoms with Gasteiger partial charge in [-0.3, -0.25) is 0 Å². The van der Waals surface area contributed by atoms with E-state index in [1.807, 2.05) is 18.3 Å². The van der Waals surface area contributed by atoms with Gasteiger partial charge in [0.1, 0.15) is 11.9 Å². The lowest BCUT2D eigenvalue weighted by Crippen LogP contribution is -2.26. The average Bonchev–Trinajstić information content (AvgIpc) is 3.40. The van der Waals surface area contributed by atoms with Crippen LogP contribution >= 0.6 is 0 Å². The van der Waals surface area contributed by atoms with Crippen LogP contribution in [-0.2, 0) is 11.2 Å². The molecular weight excluding hydrogens is 386 g/mol. The van der Waals surface area contributed by atoms with Crippen molar-refractivity contribution in [2.75, 3.05) is 13.2 Å². The van der Waals surface area contributed by atoms with E-state index in [4.69, 9.17) is 14.5 Å². The molecule has 0 bridgehead atoms. The summed E-state index contributed by atoms with van der Waals surface area (Å²) in [4.78, 5) is 9.35. The summed E-state index contributed by atoms with van der Waals surface area (Å²) < 4.78 is 14.0. The summed E-state index contributed by atoms with van der Waals surface area (Å²) in [6.45, 7) is 1.52. The van der Waals surface area contributed by atoms with Crippen molar-refractivity contribution in [2.45, 2.75) is 37.8 Å². The van der Waals surface area contributed by atoms with Crippen LogP contribution in [0.3, 0.4) is 0 Å². The van der Waals surface area contributed by atoms with Gasteiger partial charge in [0.2, 0.25) is 5.88 Å². The smallest absolute Gasteiger partial charge is 0.214 e. The van der Waals surface area contributed by atoms with Crippen LogP contribution in [0, 0.1) is 0 Å². The van der Waals surface area contributed by atoms with Crippen LogP contribution in [0.2, 0.25) is 0 Å². The van der Waals surface area contributed by atoms with Gasteiger partial charge in [0, 0.05) is 31.5 Å². The Balaban J connectivity index is 1.35. The average molecular weight is 412 g/mol. The summed E-state index contributed by atoms with van der Waals surface area (Å²) in [5, 5.41) is 0. The summed E-state index contributed by atoms with van der Waals surface area (Å²) in [5.74, 6) is 1.87. The maximum absolute atomic E-state index is 6.13. The Kier molecular flexibility index (Phi) is 4.69. The molecule has 0 spiro atoms. The van der Waals surface area contributed by atoms with E-state index in [0.717, 1.165) is 55.5 Å². The highest BCUT2D eigenvalue weighted by Crippen LogP contribution is 2.37. The molecule has 31 heavy (non-hydrogen) atoms. The van der Waals surface area contributed by atoms with Crippen molar-refractivity contribution < 1.29 is 9.47 Å². The second-order valence-corrected chi connectivity index (χ2v) is 8.38. The van der Waals surface area contributed by atoms with Crippen molar-refractivity contribution in [3.8, 4) is 17.0 Å². The van der Waals surface area contributed by atoms with E-state index in [0.29, 0.717) is 11.9 Å². The minimum absolute atomic E-state index is 0.184. The van der Waals surface area contributed by atoms with E-state index in [1.165, 1.54) is 16.9 Å². The number of hydrogen-bond donors (Lipinski definition) is 0. The molecule has 156 valence electrons. The zero-order chi connectivity index (χ0) is 20.6. The number of aryl methyl sites for hydroxylation is 1. The molecule has 0 unspecified atom stereocenters. The molecule has 4 aromatic rings. The Morgan fingerprint density at radius 2 is 1.74 bits per heavy atom. The first-order valence-electron chi connectivity index (χ1n) is 11.1. The first-order valence-corrected chi connectivity index (χ1v) is 11.1. The van der Waals surface area contributed by atoms with Crippen molar-refractivity contribution in [3.63, 3.8) is 0 Å². The van der Waals surface area contributed by atoms with Crippen LogP contribution in [0.4, 0.5) is 0 Å². The van der Waals surface area contributed by atoms with Gasteiger partial charge >= 0.3 is 0 Å². The number of imidazole rings is 1. The molecule has 1 saturated heterocycles. The topological polar surface area (TPSA) is 49.2 Å². The van der Waals surface area contributed by atoms with Crippen LogP contribution in [0.5, 0.6) is 5.88 Å². The van der Waals surface area contributed by atoms with Gasteiger partial charge in [0.15, 0.2) is 0 Å². The normalized spacial score (nSPS) is 18.9. The number of pyridine rings is 1. The number of hydrogen-bond acceptors (Lipinski definition) is 4. The molecule has 1 fully saturated rings. The Hall–Kier alpha value is -3.18. The number of rotatable bonds is 4. The third kappa shape index (κ3) is 3.49. The molecule has 0 aliphatic carbocycles. The van der Waals surface area contributed by atoms with E-state index < -0.39 is 0 Å². The molecule has 2 aliphatic rings. The van der Waals surface area contributed by atoms with E-state index >= 15 is 0 Å². The maximum atomic E-state index is 6.13. The van der Waals surface area contributed by atoms with Crippen molar-refractivity contribution >= 4 is 11.0 Å². The Bertz CT molecular complexity index is 1210. The molecule has 2 aromatic carbocycles. The van der Waals surface area contributed by atoms with Gasteiger partial charge in [-0.25, -0.2) is 9.97 Å². The molecule has 2 aromatic heterocycles. The van der Waals surface area contributed by atoms with Crippen LogP contribution in [0.25, 0.3) is 22.2 Å². The minimum Gasteiger partial charge on any atom is -0.474 e.